The maximum absolute atomic E-state index is 12.9. The number of nitrogens with one attached hydrogen (secondary N) is 1. The van der Waals surface area contributed by atoms with E-state index in [-0.39, 0.29) is 0 Å². The summed E-state index contributed by atoms with van der Waals surface area (Å²) in [7, 11) is 0. The van der Waals surface area contributed by atoms with Crippen LogP contribution in [-0.4, -0.2) is 42.7 Å². The standard InChI is InChI=1S/C18H25F3N2O/c19-18(20,21)16-5-1-4-15(11-16)17(24)6-9-23(10-7-17)13-14-3-2-8-22-12-14/h1,4-5,11,14,22,24H,2-3,6-10,12-13H2. The fourth-order valence-corrected chi connectivity index (χ4v) is 3.82. The van der Waals surface area contributed by atoms with Gasteiger partial charge in [-0.3, -0.25) is 0 Å². The average molecular weight is 342 g/mol. The molecule has 0 bridgehead atoms. The molecule has 2 saturated heterocycles. The largest absolute Gasteiger partial charge is 0.416 e. The summed E-state index contributed by atoms with van der Waals surface area (Å²) < 4.78 is 38.7. The van der Waals surface area contributed by atoms with Gasteiger partial charge in [-0.25, -0.2) is 0 Å². The third kappa shape index (κ3) is 4.10. The van der Waals surface area contributed by atoms with E-state index >= 15 is 0 Å². The molecule has 0 aromatic heterocycles. The molecule has 3 nitrogen and oxygen atoms in total. The summed E-state index contributed by atoms with van der Waals surface area (Å²) in [5.41, 5.74) is -1.46. The number of likely N-dealkylation sites (tertiary alicyclic amines) is 1. The van der Waals surface area contributed by atoms with Crippen LogP contribution in [0, 0.1) is 5.92 Å². The molecule has 1 unspecified atom stereocenters. The molecule has 0 amide bonds. The third-order valence-electron chi connectivity index (χ3n) is 5.33. The summed E-state index contributed by atoms with van der Waals surface area (Å²) >= 11 is 0. The van der Waals surface area contributed by atoms with Crippen LogP contribution in [0.1, 0.15) is 36.8 Å². The predicted octanol–water partition coefficient (Wildman–Crippen LogP) is 2.99. The minimum atomic E-state index is -4.37. The fourth-order valence-electron chi connectivity index (χ4n) is 3.82. The quantitative estimate of drug-likeness (QED) is 0.886. The van der Waals surface area contributed by atoms with Crippen LogP contribution in [0.25, 0.3) is 0 Å². The molecule has 134 valence electrons. The molecule has 1 aromatic carbocycles. The van der Waals surface area contributed by atoms with E-state index in [2.05, 4.69) is 10.2 Å². The number of hydrogen-bond acceptors (Lipinski definition) is 3. The maximum Gasteiger partial charge on any atom is 0.416 e. The van der Waals surface area contributed by atoms with E-state index in [0.29, 0.717) is 24.3 Å². The molecular weight excluding hydrogens is 317 g/mol. The lowest BCUT2D eigenvalue weighted by molar-refractivity contribution is -0.137. The van der Waals surface area contributed by atoms with Gasteiger partial charge in [0.05, 0.1) is 11.2 Å². The number of aliphatic hydroxyl groups is 1. The van der Waals surface area contributed by atoms with Crippen LogP contribution in [-0.2, 0) is 11.8 Å². The molecule has 0 saturated carbocycles. The van der Waals surface area contributed by atoms with E-state index in [1.807, 2.05) is 0 Å². The van der Waals surface area contributed by atoms with Crippen molar-refractivity contribution in [2.75, 3.05) is 32.7 Å². The first-order chi connectivity index (χ1) is 11.4. The number of rotatable bonds is 3. The average Bonchev–Trinajstić information content (AvgIpc) is 2.57. The van der Waals surface area contributed by atoms with E-state index in [1.165, 1.54) is 18.9 Å². The molecule has 2 fully saturated rings. The molecule has 0 spiro atoms. The van der Waals surface area contributed by atoms with E-state index in [0.717, 1.165) is 44.9 Å². The predicted molar refractivity (Wildman–Crippen MR) is 86.6 cm³/mol. The molecule has 0 aliphatic carbocycles. The second-order valence-corrected chi connectivity index (χ2v) is 7.12. The summed E-state index contributed by atoms with van der Waals surface area (Å²) in [6.07, 6.45) is -0.988. The highest BCUT2D eigenvalue weighted by atomic mass is 19.4. The van der Waals surface area contributed by atoms with Crippen LogP contribution < -0.4 is 5.32 Å². The van der Waals surface area contributed by atoms with Gasteiger partial charge in [0.2, 0.25) is 0 Å². The molecule has 2 aliphatic heterocycles. The van der Waals surface area contributed by atoms with Crippen molar-refractivity contribution in [2.24, 2.45) is 5.92 Å². The van der Waals surface area contributed by atoms with Gasteiger partial charge in [-0.2, -0.15) is 13.2 Å². The number of benzene rings is 1. The van der Waals surface area contributed by atoms with Gasteiger partial charge in [0, 0.05) is 19.6 Å². The highest BCUT2D eigenvalue weighted by Crippen LogP contribution is 2.37. The van der Waals surface area contributed by atoms with E-state index in [1.54, 1.807) is 6.07 Å². The Kier molecular flexibility index (Phi) is 5.18. The van der Waals surface area contributed by atoms with E-state index in [9.17, 15) is 18.3 Å². The van der Waals surface area contributed by atoms with Crippen LogP contribution >= 0.6 is 0 Å². The van der Waals surface area contributed by atoms with Gasteiger partial charge in [-0.15, -0.1) is 0 Å². The van der Waals surface area contributed by atoms with Crippen LogP contribution in [0.4, 0.5) is 13.2 Å². The smallest absolute Gasteiger partial charge is 0.385 e. The normalized spacial score (nSPS) is 25.6. The number of alkyl halides is 3. The summed E-state index contributed by atoms with van der Waals surface area (Å²) in [6.45, 7) is 4.58. The van der Waals surface area contributed by atoms with Crippen molar-refractivity contribution in [1.82, 2.24) is 10.2 Å². The van der Waals surface area contributed by atoms with Crippen molar-refractivity contribution in [3.8, 4) is 0 Å². The Labute approximate surface area is 140 Å². The van der Waals surface area contributed by atoms with Crippen LogP contribution in [0.15, 0.2) is 24.3 Å². The van der Waals surface area contributed by atoms with Gasteiger partial charge >= 0.3 is 6.18 Å². The van der Waals surface area contributed by atoms with Gasteiger partial charge in [0.15, 0.2) is 0 Å². The molecule has 2 aliphatic rings. The van der Waals surface area contributed by atoms with Gasteiger partial charge in [-0.1, -0.05) is 12.1 Å². The third-order valence-corrected chi connectivity index (χ3v) is 5.33. The maximum atomic E-state index is 12.9. The number of hydrogen-bond donors (Lipinski definition) is 2. The summed E-state index contributed by atoms with van der Waals surface area (Å²) in [4.78, 5) is 2.33. The monoisotopic (exact) mass is 342 g/mol. The first-order valence-electron chi connectivity index (χ1n) is 8.70. The van der Waals surface area contributed by atoms with Crippen molar-refractivity contribution in [3.05, 3.63) is 35.4 Å². The Morgan fingerprint density at radius 3 is 2.62 bits per heavy atom. The van der Waals surface area contributed by atoms with Crippen LogP contribution in [0.5, 0.6) is 0 Å². The van der Waals surface area contributed by atoms with E-state index < -0.39 is 17.3 Å². The Morgan fingerprint density at radius 2 is 2.00 bits per heavy atom. The van der Waals surface area contributed by atoms with Crippen molar-refractivity contribution in [3.63, 3.8) is 0 Å². The zero-order valence-electron chi connectivity index (χ0n) is 13.8. The van der Waals surface area contributed by atoms with Gasteiger partial charge in [-0.05, 0) is 62.4 Å². The lowest BCUT2D eigenvalue weighted by atomic mass is 9.83. The zero-order chi connectivity index (χ0) is 17.2. The van der Waals surface area contributed by atoms with E-state index in [4.69, 9.17) is 0 Å². The number of nitrogens with zero attached hydrogens (tertiary/aromatic N) is 1. The molecule has 0 radical (unpaired) electrons. The molecular formula is C18H25F3N2O. The Hall–Kier alpha value is -1.11. The lowest BCUT2D eigenvalue weighted by Gasteiger charge is -2.40. The Balaban J connectivity index is 1.62. The Morgan fingerprint density at radius 1 is 1.25 bits per heavy atom. The second kappa shape index (κ2) is 7.02. The first-order valence-corrected chi connectivity index (χ1v) is 8.70. The topological polar surface area (TPSA) is 35.5 Å². The van der Waals surface area contributed by atoms with Gasteiger partial charge in [0.25, 0.3) is 0 Å². The fraction of sp³-hybridized carbons (Fsp3) is 0.667. The van der Waals surface area contributed by atoms with Gasteiger partial charge in [0.1, 0.15) is 0 Å². The highest BCUT2D eigenvalue weighted by Gasteiger charge is 2.37. The van der Waals surface area contributed by atoms with Gasteiger partial charge < -0.3 is 15.3 Å². The molecule has 1 atom stereocenters. The van der Waals surface area contributed by atoms with Crippen molar-refractivity contribution < 1.29 is 18.3 Å². The molecule has 6 heteroatoms. The van der Waals surface area contributed by atoms with Crippen molar-refractivity contribution >= 4 is 0 Å². The van der Waals surface area contributed by atoms with Crippen LogP contribution in [0.2, 0.25) is 0 Å². The molecule has 2 N–H and O–H groups in total. The van der Waals surface area contributed by atoms with Crippen LogP contribution in [0.3, 0.4) is 0 Å². The summed E-state index contributed by atoms with van der Waals surface area (Å²) in [6, 6.07) is 5.14. The van der Waals surface area contributed by atoms with Crippen molar-refractivity contribution in [2.45, 2.75) is 37.5 Å². The highest BCUT2D eigenvalue weighted by molar-refractivity contribution is 5.30. The molecule has 24 heavy (non-hydrogen) atoms. The molecule has 1 aromatic rings. The number of halogens is 3. The minimum absolute atomic E-state index is 0.385. The second-order valence-electron chi connectivity index (χ2n) is 7.12. The number of piperidine rings is 2. The minimum Gasteiger partial charge on any atom is -0.385 e. The SMILES string of the molecule is OC1(c2cccc(C(F)(F)F)c2)CCN(CC2CCCNC2)CC1. The lowest BCUT2D eigenvalue weighted by Crippen LogP contribution is -2.46. The zero-order valence-corrected chi connectivity index (χ0v) is 13.8. The molecule has 3 rings (SSSR count). The van der Waals surface area contributed by atoms with Crippen molar-refractivity contribution in [1.29, 1.82) is 0 Å². The summed E-state index contributed by atoms with van der Waals surface area (Å²) in [5.74, 6) is 0.638. The first kappa shape index (κ1) is 17.7. The Bertz CT molecular complexity index is 547. The molecule has 2 heterocycles. The summed E-state index contributed by atoms with van der Waals surface area (Å²) in [5, 5.41) is 14.3.